The Labute approximate surface area is 122 Å². The third-order valence-electron chi connectivity index (χ3n) is 2.09. The molecule has 0 fully saturated rings. The minimum atomic E-state index is -0.118. The largest absolute Gasteiger partial charge is 0.469 e. The molecule has 0 aliphatic heterocycles. The molecule has 0 aliphatic rings. The van der Waals surface area contributed by atoms with Crippen molar-refractivity contribution in [1.29, 1.82) is 0 Å². The van der Waals surface area contributed by atoms with Gasteiger partial charge in [-0.1, -0.05) is 35.1 Å². The maximum absolute atomic E-state index is 10.5. The van der Waals surface area contributed by atoms with Gasteiger partial charge >= 0.3 is 5.97 Å². The molecule has 0 aromatic heterocycles. The van der Waals surface area contributed by atoms with Gasteiger partial charge in [-0.25, -0.2) is 0 Å². The quantitative estimate of drug-likeness (QED) is 0.436. The van der Waals surface area contributed by atoms with Crippen LogP contribution in [-0.2, 0) is 14.3 Å². The maximum Gasteiger partial charge on any atom is 0.308 e. The van der Waals surface area contributed by atoms with E-state index in [-0.39, 0.29) is 30.6 Å². The first-order chi connectivity index (χ1) is 7.94. The van der Waals surface area contributed by atoms with Gasteiger partial charge in [0.05, 0.1) is 18.4 Å². The molecule has 0 unspecified atom stereocenters. The van der Waals surface area contributed by atoms with Crippen molar-refractivity contribution in [2.45, 2.75) is 48.0 Å². The lowest BCUT2D eigenvalue weighted by atomic mass is 10.1. The highest BCUT2D eigenvalue weighted by Gasteiger charge is 2.08. The van der Waals surface area contributed by atoms with E-state index in [1.165, 1.54) is 7.11 Å². The second-order valence-corrected chi connectivity index (χ2v) is 4.26. The standard InChI is InChI=1S/C6H12O2.C5H10O.CH2Cl2.CH4/c1-4-5(2)6(7)8-3;1-3-5(2)4-6;2-1-3;/h5H,4H2,1-3H3;4-5H,3H2,1-2H3;1H2;1H4/t2*5-;;/m00../s1. The van der Waals surface area contributed by atoms with Crippen molar-refractivity contribution in [3.05, 3.63) is 0 Å². The molecule has 0 aliphatic carbocycles. The molecule has 0 rings (SSSR count). The number of halogens is 2. The summed E-state index contributed by atoms with van der Waals surface area (Å²) in [4.78, 5) is 20.3. The molecular formula is C13H28Cl2O3. The van der Waals surface area contributed by atoms with Crippen molar-refractivity contribution < 1.29 is 14.3 Å². The summed E-state index contributed by atoms with van der Waals surface area (Å²) < 4.78 is 4.46. The second kappa shape index (κ2) is 21.9. The Morgan fingerprint density at radius 1 is 1.22 bits per heavy atom. The van der Waals surface area contributed by atoms with Gasteiger partial charge in [0, 0.05) is 5.92 Å². The molecule has 0 spiro atoms. The highest BCUT2D eigenvalue weighted by atomic mass is 35.5. The van der Waals surface area contributed by atoms with E-state index in [1.54, 1.807) is 0 Å². The third-order valence-corrected chi connectivity index (χ3v) is 2.09. The third kappa shape index (κ3) is 24.8. The lowest BCUT2D eigenvalue weighted by Gasteiger charge is -2.02. The topological polar surface area (TPSA) is 43.4 Å². The lowest BCUT2D eigenvalue weighted by Crippen LogP contribution is -2.10. The summed E-state index contributed by atoms with van der Waals surface area (Å²) in [6.07, 6.45) is 2.79. The monoisotopic (exact) mass is 302 g/mol. The van der Waals surface area contributed by atoms with E-state index in [1.807, 2.05) is 27.7 Å². The van der Waals surface area contributed by atoms with Gasteiger partial charge in [-0.05, 0) is 12.8 Å². The Balaban J connectivity index is -0.0000000875. The van der Waals surface area contributed by atoms with E-state index >= 15 is 0 Å². The molecule has 0 amide bonds. The van der Waals surface area contributed by atoms with Gasteiger partial charge in [-0.15, -0.1) is 23.2 Å². The summed E-state index contributed by atoms with van der Waals surface area (Å²) in [6.45, 7) is 7.72. The predicted molar refractivity (Wildman–Crippen MR) is 80.3 cm³/mol. The number of carbonyl (C=O) groups is 2. The Bertz CT molecular complexity index is 176. The Kier molecular flexibility index (Phi) is 32.1. The van der Waals surface area contributed by atoms with Crippen LogP contribution in [0.2, 0.25) is 0 Å². The molecule has 0 N–H and O–H groups in total. The Hall–Kier alpha value is -0.280. The lowest BCUT2D eigenvalue weighted by molar-refractivity contribution is -0.144. The Morgan fingerprint density at radius 3 is 1.67 bits per heavy atom. The number of aldehydes is 1. The molecule has 2 atom stereocenters. The van der Waals surface area contributed by atoms with Gasteiger partial charge in [-0.2, -0.15) is 0 Å². The average molecular weight is 303 g/mol. The van der Waals surface area contributed by atoms with Crippen molar-refractivity contribution in [1.82, 2.24) is 0 Å². The minimum Gasteiger partial charge on any atom is -0.469 e. The number of hydrogen-bond acceptors (Lipinski definition) is 3. The van der Waals surface area contributed by atoms with Gasteiger partial charge in [0.1, 0.15) is 6.29 Å². The van der Waals surface area contributed by atoms with E-state index < -0.39 is 0 Å². The van der Waals surface area contributed by atoms with Crippen molar-refractivity contribution in [2.75, 3.05) is 12.4 Å². The number of alkyl halides is 2. The predicted octanol–water partition coefficient (Wildman–Crippen LogP) is 4.49. The van der Waals surface area contributed by atoms with Crippen LogP contribution in [0, 0.1) is 11.8 Å². The average Bonchev–Trinajstić information content (AvgIpc) is 2.37. The van der Waals surface area contributed by atoms with Crippen LogP contribution in [0.15, 0.2) is 0 Å². The fourth-order valence-corrected chi connectivity index (χ4v) is 0.464. The van der Waals surface area contributed by atoms with Crippen LogP contribution in [0.1, 0.15) is 48.0 Å². The van der Waals surface area contributed by atoms with Crippen LogP contribution in [0.25, 0.3) is 0 Å². The molecule has 112 valence electrons. The molecule has 5 heteroatoms. The highest BCUT2D eigenvalue weighted by Crippen LogP contribution is 2.00. The van der Waals surface area contributed by atoms with Gasteiger partial charge in [0.15, 0.2) is 0 Å². The van der Waals surface area contributed by atoms with Gasteiger partial charge in [0.25, 0.3) is 0 Å². The SMILES string of the molecule is C.CC[C@H](C)C(=O)OC.CC[C@H](C)C=O.ClCCl. The van der Waals surface area contributed by atoms with E-state index in [9.17, 15) is 9.59 Å². The summed E-state index contributed by atoms with van der Waals surface area (Å²) in [5, 5.41) is 0.194. The van der Waals surface area contributed by atoms with E-state index in [0.717, 1.165) is 19.1 Å². The summed E-state index contributed by atoms with van der Waals surface area (Å²) >= 11 is 9.53. The zero-order valence-corrected chi connectivity index (χ0v) is 12.8. The molecule has 0 heterocycles. The van der Waals surface area contributed by atoms with Crippen LogP contribution in [0.5, 0.6) is 0 Å². The van der Waals surface area contributed by atoms with Crippen molar-refractivity contribution in [2.24, 2.45) is 11.8 Å². The molecule has 0 saturated heterocycles. The summed E-state index contributed by atoms with van der Waals surface area (Å²) in [5.74, 6) is 0.192. The smallest absolute Gasteiger partial charge is 0.308 e. The number of rotatable bonds is 4. The fourth-order valence-electron chi connectivity index (χ4n) is 0.464. The van der Waals surface area contributed by atoms with Crippen LogP contribution >= 0.6 is 23.2 Å². The molecule has 0 saturated carbocycles. The van der Waals surface area contributed by atoms with Crippen LogP contribution in [-0.4, -0.2) is 24.7 Å². The van der Waals surface area contributed by atoms with Gasteiger partial charge < -0.3 is 9.53 Å². The number of methoxy groups -OCH3 is 1. The molecule has 0 bridgehead atoms. The van der Waals surface area contributed by atoms with Crippen molar-refractivity contribution >= 4 is 35.5 Å². The molecule has 0 aromatic carbocycles. The molecule has 0 aromatic rings. The van der Waals surface area contributed by atoms with Gasteiger partial charge in [0.2, 0.25) is 0 Å². The maximum atomic E-state index is 10.5. The van der Waals surface area contributed by atoms with Crippen molar-refractivity contribution in [3.63, 3.8) is 0 Å². The van der Waals surface area contributed by atoms with Crippen molar-refractivity contribution in [3.8, 4) is 0 Å². The zero-order valence-electron chi connectivity index (χ0n) is 11.3. The number of esters is 1. The van der Waals surface area contributed by atoms with Gasteiger partial charge in [-0.3, -0.25) is 4.79 Å². The van der Waals surface area contributed by atoms with Crippen LogP contribution < -0.4 is 0 Å². The number of carbonyl (C=O) groups excluding carboxylic acids is 2. The molecular weight excluding hydrogens is 275 g/mol. The molecule has 3 nitrogen and oxygen atoms in total. The Morgan fingerprint density at radius 2 is 1.61 bits per heavy atom. The van der Waals surface area contributed by atoms with E-state index in [0.29, 0.717) is 0 Å². The first-order valence-corrected chi connectivity index (χ1v) is 6.66. The summed E-state index contributed by atoms with van der Waals surface area (Å²) in [5.41, 5.74) is 0. The van der Waals surface area contributed by atoms with E-state index in [2.05, 4.69) is 4.74 Å². The fraction of sp³-hybridized carbons (Fsp3) is 0.846. The van der Waals surface area contributed by atoms with Crippen LogP contribution in [0.3, 0.4) is 0 Å². The normalized spacial score (nSPS) is 11.3. The molecule has 0 radical (unpaired) electrons. The first-order valence-electron chi connectivity index (χ1n) is 5.59. The first kappa shape index (κ1) is 26.3. The minimum absolute atomic E-state index is 0. The van der Waals surface area contributed by atoms with Crippen LogP contribution in [0.4, 0.5) is 0 Å². The van der Waals surface area contributed by atoms with E-state index in [4.69, 9.17) is 23.2 Å². The zero-order chi connectivity index (χ0) is 14.3. The number of hydrogen-bond donors (Lipinski definition) is 0. The second-order valence-electron chi connectivity index (χ2n) is 3.46. The summed E-state index contributed by atoms with van der Waals surface area (Å²) in [6, 6.07) is 0. The number of ether oxygens (including phenoxy) is 1. The molecule has 18 heavy (non-hydrogen) atoms. The highest BCUT2D eigenvalue weighted by molar-refractivity contribution is 6.40. The summed E-state index contributed by atoms with van der Waals surface area (Å²) in [7, 11) is 1.41.